The van der Waals surface area contributed by atoms with E-state index in [4.69, 9.17) is 4.74 Å². The summed E-state index contributed by atoms with van der Waals surface area (Å²) in [4.78, 5) is 29.0. The quantitative estimate of drug-likeness (QED) is 0.817. The number of aromatic nitrogens is 1. The molecule has 1 N–H and O–H groups in total. The zero-order chi connectivity index (χ0) is 15.1. The number of esters is 1. The Hall–Kier alpha value is -2.30. The van der Waals surface area contributed by atoms with Gasteiger partial charge >= 0.3 is 5.97 Å². The number of carbonyl (C=O) groups excluding carboxylic acids is 2. The number of ether oxygens (including phenoxy) is 1. The minimum absolute atomic E-state index is 0.123. The van der Waals surface area contributed by atoms with E-state index in [0.29, 0.717) is 6.42 Å². The van der Waals surface area contributed by atoms with Gasteiger partial charge in [-0.05, 0) is 18.6 Å². The molecule has 0 saturated heterocycles. The van der Waals surface area contributed by atoms with E-state index in [1.807, 2.05) is 31.2 Å². The average Bonchev–Trinajstić information content (AvgIpc) is 2.85. The molecular weight excluding hydrogens is 268 g/mol. The van der Waals surface area contributed by atoms with Crippen molar-refractivity contribution in [1.29, 1.82) is 0 Å². The lowest BCUT2D eigenvalue weighted by atomic mass is 9.92. The largest absolute Gasteiger partial charge is 0.467 e. The second-order valence-electron chi connectivity index (χ2n) is 5.41. The van der Waals surface area contributed by atoms with Crippen LogP contribution in [0.1, 0.15) is 31.1 Å². The van der Waals surface area contributed by atoms with Gasteiger partial charge in [0.05, 0.1) is 13.2 Å². The standard InChI is InChI=1S/C16H18N2O3/c1-9-15-12(11-6-4-5-7-13(11)17-15)8-14(16(20)21-3)18(9)10(2)19/h4-7,9,14,17H,8H2,1-3H3/t9-,14+/m1/s1. The molecule has 1 aromatic carbocycles. The molecule has 0 fully saturated rings. The van der Waals surface area contributed by atoms with Gasteiger partial charge in [0.15, 0.2) is 0 Å². The molecule has 0 saturated carbocycles. The molecule has 0 bridgehead atoms. The smallest absolute Gasteiger partial charge is 0.328 e. The molecule has 0 spiro atoms. The van der Waals surface area contributed by atoms with Crippen LogP contribution in [0, 0.1) is 0 Å². The van der Waals surface area contributed by atoms with Crippen LogP contribution in [-0.2, 0) is 20.7 Å². The number of hydrogen-bond donors (Lipinski definition) is 1. The van der Waals surface area contributed by atoms with Crippen LogP contribution in [0.5, 0.6) is 0 Å². The van der Waals surface area contributed by atoms with Crippen LogP contribution in [0.25, 0.3) is 10.9 Å². The van der Waals surface area contributed by atoms with E-state index in [9.17, 15) is 9.59 Å². The summed E-state index contributed by atoms with van der Waals surface area (Å²) in [5, 5.41) is 1.11. The molecule has 5 nitrogen and oxygen atoms in total. The molecule has 5 heteroatoms. The first-order valence-electron chi connectivity index (χ1n) is 7.00. The minimum Gasteiger partial charge on any atom is -0.467 e. The average molecular weight is 286 g/mol. The van der Waals surface area contributed by atoms with Crippen LogP contribution in [0.3, 0.4) is 0 Å². The van der Waals surface area contributed by atoms with Crippen LogP contribution in [-0.4, -0.2) is 34.9 Å². The first-order chi connectivity index (χ1) is 10.0. The monoisotopic (exact) mass is 286 g/mol. The number of methoxy groups -OCH3 is 1. The topological polar surface area (TPSA) is 62.4 Å². The summed E-state index contributed by atoms with van der Waals surface area (Å²) in [7, 11) is 1.36. The van der Waals surface area contributed by atoms with Crippen molar-refractivity contribution >= 4 is 22.8 Å². The number of aromatic amines is 1. The lowest BCUT2D eigenvalue weighted by Crippen LogP contribution is -2.50. The van der Waals surface area contributed by atoms with E-state index in [1.54, 1.807) is 4.90 Å². The van der Waals surface area contributed by atoms with Gasteiger partial charge in [-0.15, -0.1) is 0 Å². The third-order valence-corrected chi connectivity index (χ3v) is 4.25. The molecule has 1 aromatic heterocycles. The van der Waals surface area contributed by atoms with Crippen molar-refractivity contribution in [2.24, 2.45) is 0 Å². The predicted octanol–water partition coefficient (Wildman–Crippen LogP) is 2.18. The molecule has 110 valence electrons. The molecule has 0 aliphatic carbocycles. The third-order valence-electron chi connectivity index (χ3n) is 4.25. The Balaban J connectivity index is 2.16. The minimum atomic E-state index is -0.561. The zero-order valence-electron chi connectivity index (χ0n) is 12.3. The summed E-state index contributed by atoms with van der Waals surface area (Å²) in [6.45, 7) is 3.42. The molecule has 1 aliphatic heterocycles. The second kappa shape index (κ2) is 4.91. The van der Waals surface area contributed by atoms with Crippen molar-refractivity contribution < 1.29 is 14.3 Å². The van der Waals surface area contributed by atoms with Gasteiger partial charge < -0.3 is 14.6 Å². The molecule has 3 rings (SSSR count). The Labute approximate surface area is 122 Å². The highest BCUT2D eigenvalue weighted by atomic mass is 16.5. The van der Waals surface area contributed by atoms with Gasteiger partial charge in [-0.3, -0.25) is 4.79 Å². The molecule has 1 amide bonds. The number of para-hydroxylation sites is 1. The molecular formula is C16H18N2O3. The maximum Gasteiger partial charge on any atom is 0.328 e. The fourth-order valence-electron chi connectivity index (χ4n) is 3.32. The number of fused-ring (bicyclic) bond motifs is 3. The first-order valence-corrected chi connectivity index (χ1v) is 7.00. The van der Waals surface area contributed by atoms with Crippen molar-refractivity contribution in [3.63, 3.8) is 0 Å². The fraction of sp³-hybridized carbons (Fsp3) is 0.375. The Kier molecular flexibility index (Phi) is 3.20. The van der Waals surface area contributed by atoms with Gasteiger partial charge in [-0.1, -0.05) is 18.2 Å². The van der Waals surface area contributed by atoms with Crippen LogP contribution in [0.15, 0.2) is 24.3 Å². The maximum atomic E-state index is 12.1. The van der Waals surface area contributed by atoms with Gasteiger partial charge in [0.2, 0.25) is 5.91 Å². The Morgan fingerprint density at radius 3 is 2.71 bits per heavy atom. The van der Waals surface area contributed by atoms with Crippen LogP contribution >= 0.6 is 0 Å². The summed E-state index contributed by atoms with van der Waals surface area (Å²) in [5.74, 6) is -0.491. The van der Waals surface area contributed by atoms with E-state index in [-0.39, 0.29) is 17.9 Å². The summed E-state index contributed by atoms with van der Waals surface area (Å²) in [6, 6.07) is 7.25. The summed E-state index contributed by atoms with van der Waals surface area (Å²) >= 11 is 0. The Morgan fingerprint density at radius 1 is 1.33 bits per heavy atom. The van der Waals surface area contributed by atoms with Crippen LogP contribution in [0.4, 0.5) is 0 Å². The van der Waals surface area contributed by atoms with E-state index < -0.39 is 6.04 Å². The number of nitrogens with one attached hydrogen (secondary N) is 1. The van der Waals surface area contributed by atoms with Crippen LogP contribution < -0.4 is 0 Å². The van der Waals surface area contributed by atoms with Crippen molar-refractivity contribution in [3.05, 3.63) is 35.5 Å². The second-order valence-corrected chi connectivity index (χ2v) is 5.41. The highest BCUT2D eigenvalue weighted by Gasteiger charge is 2.39. The summed E-state index contributed by atoms with van der Waals surface area (Å²) in [6.07, 6.45) is 0.482. The van der Waals surface area contributed by atoms with E-state index in [2.05, 4.69) is 4.98 Å². The van der Waals surface area contributed by atoms with Gasteiger partial charge in [0.25, 0.3) is 0 Å². The Bertz CT molecular complexity index is 719. The highest BCUT2D eigenvalue weighted by molar-refractivity contribution is 5.89. The number of H-pyrrole nitrogens is 1. The lowest BCUT2D eigenvalue weighted by molar-refractivity contribution is -0.154. The lowest BCUT2D eigenvalue weighted by Gasteiger charge is -2.38. The predicted molar refractivity (Wildman–Crippen MR) is 78.7 cm³/mol. The van der Waals surface area contributed by atoms with Crippen molar-refractivity contribution in [2.75, 3.05) is 7.11 Å². The molecule has 2 heterocycles. The highest BCUT2D eigenvalue weighted by Crippen LogP contribution is 2.37. The number of amides is 1. The third kappa shape index (κ3) is 2.00. The molecule has 21 heavy (non-hydrogen) atoms. The maximum absolute atomic E-state index is 12.1. The fourth-order valence-corrected chi connectivity index (χ4v) is 3.32. The van der Waals surface area contributed by atoms with Crippen molar-refractivity contribution in [3.8, 4) is 0 Å². The molecule has 2 atom stereocenters. The van der Waals surface area contributed by atoms with E-state index in [1.165, 1.54) is 14.0 Å². The SMILES string of the molecule is COC(=O)[C@@H]1Cc2c([nH]c3ccccc23)[C@@H](C)N1C(C)=O. The van der Waals surface area contributed by atoms with E-state index in [0.717, 1.165) is 22.2 Å². The molecule has 0 radical (unpaired) electrons. The van der Waals surface area contributed by atoms with Gasteiger partial charge in [0, 0.05) is 29.9 Å². The molecule has 2 aromatic rings. The summed E-state index contributed by atoms with van der Waals surface area (Å²) in [5.41, 5.74) is 3.14. The van der Waals surface area contributed by atoms with E-state index >= 15 is 0 Å². The van der Waals surface area contributed by atoms with Gasteiger partial charge in [-0.25, -0.2) is 4.79 Å². The summed E-state index contributed by atoms with van der Waals surface area (Å²) < 4.78 is 4.88. The molecule has 0 unspecified atom stereocenters. The number of hydrogen-bond acceptors (Lipinski definition) is 3. The van der Waals surface area contributed by atoms with Crippen molar-refractivity contribution in [2.45, 2.75) is 32.4 Å². The molecule has 1 aliphatic rings. The van der Waals surface area contributed by atoms with Gasteiger partial charge in [0.1, 0.15) is 6.04 Å². The van der Waals surface area contributed by atoms with Crippen molar-refractivity contribution in [1.82, 2.24) is 9.88 Å². The van der Waals surface area contributed by atoms with Crippen LogP contribution in [0.2, 0.25) is 0 Å². The Morgan fingerprint density at radius 2 is 2.05 bits per heavy atom. The number of rotatable bonds is 1. The normalized spacial score (nSPS) is 21.2. The number of nitrogens with zero attached hydrogens (tertiary/aromatic N) is 1. The zero-order valence-corrected chi connectivity index (χ0v) is 12.3. The number of carbonyl (C=O) groups is 2. The first kappa shape index (κ1) is 13.7. The number of benzene rings is 1. The van der Waals surface area contributed by atoms with Gasteiger partial charge in [-0.2, -0.15) is 0 Å².